The van der Waals surface area contributed by atoms with Crippen molar-refractivity contribution in [3.05, 3.63) is 10.4 Å². The van der Waals surface area contributed by atoms with Gasteiger partial charge in [-0.15, -0.1) is 0 Å². The summed E-state index contributed by atoms with van der Waals surface area (Å²) in [7, 11) is 0. The minimum Gasteiger partial charge on any atom is -0.459 e. The minimum absolute atomic E-state index is 0.0916. The Morgan fingerprint density at radius 2 is 1.93 bits per heavy atom. The maximum absolute atomic E-state index is 12.0. The van der Waals surface area contributed by atoms with Gasteiger partial charge in [0, 0.05) is 4.91 Å². The predicted molar refractivity (Wildman–Crippen MR) is 95.5 cm³/mol. The minimum atomic E-state index is -0.952. The number of hydrogen-bond acceptors (Lipinski definition) is 8. The molecule has 0 unspecified atom stereocenters. The van der Waals surface area contributed by atoms with Crippen molar-refractivity contribution in [2.45, 2.75) is 89.5 Å². The first kappa shape index (κ1) is 21.9. The summed E-state index contributed by atoms with van der Waals surface area (Å²) < 4.78 is 29.0. The summed E-state index contributed by atoms with van der Waals surface area (Å²) in [6, 6.07) is -0.952. The van der Waals surface area contributed by atoms with Gasteiger partial charge >= 0.3 is 5.97 Å². The largest absolute Gasteiger partial charge is 0.459 e. The highest BCUT2D eigenvalue weighted by molar-refractivity contribution is 5.76. The molecule has 2 fully saturated rings. The van der Waals surface area contributed by atoms with E-state index in [0.717, 1.165) is 0 Å². The van der Waals surface area contributed by atoms with Gasteiger partial charge in [0.25, 0.3) is 0 Å². The summed E-state index contributed by atoms with van der Waals surface area (Å²) in [6.07, 6.45) is -0.854. The van der Waals surface area contributed by atoms with Crippen molar-refractivity contribution in [3.63, 3.8) is 0 Å². The van der Waals surface area contributed by atoms with Crippen LogP contribution in [-0.4, -0.2) is 61.2 Å². The van der Waals surface area contributed by atoms with Gasteiger partial charge in [0.2, 0.25) is 0 Å². The molecule has 0 radical (unpaired) electrons. The molecule has 0 spiro atoms. The molecule has 5 atom stereocenters. The van der Waals surface area contributed by atoms with Crippen molar-refractivity contribution < 1.29 is 28.5 Å². The molecule has 2 heterocycles. The van der Waals surface area contributed by atoms with E-state index in [4.69, 9.17) is 34.9 Å². The third-order valence-electron chi connectivity index (χ3n) is 4.52. The average Bonchev–Trinajstić information content (AvgIpc) is 3.13. The van der Waals surface area contributed by atoms with Crippen molar-refractivity contribution in [3.8, 4) is 0 Å². The van der Waals surface area contributed by atoms with Gasteiger partial charge in [-0.2, -0.15) is 0 Å². The molecule has 0 aromatic rings. The van der Waals surface area contributed by atoms with E-state index in [1.165, 1.54) is 0 Å². The standard InChI is InChI=1S/C17H30N4O6/c1-6-17(7-2)25-12-11(8-20-21-19)24-15(13(12)26-17)23-9-10(18)14(22)27-16(3,4)5/h10-13,15H,6-9,18H2,1-5H3/t10-,11+,12+,13+,15+/m0/s1. The van der Waals surface area contributed by atoms with Gasteiger partial charge in [-0.05, 0) is 39.1 Å². The fourth-order valence-corrected chi connectivity index (χ4v) is 3.11. The zero-order valence-corrected chi connectivity index (χ0v) is 16.6. The van der Waals surface area contributed by atoms with Crippen molar-refractivity contribution in [2.24, 2.45) is 10.8 Å². The number of rotatable bonds is 8. The van der Waals surface area contributed by atoms with Gasteiger partial charge in [-0.3, -0.25) is 4.79 Å². The van der Waals surface area contributed by atoms with Crippen LogP contribution in [0.4, 0.5) is 0 Å². The van der Waals surface area contributed by atoms with E-state index < -0.39 is 48.0 Å². The lowest BCUT2D eigenvalue weighted by Crippen LogP contribution is -2.43. The van der Waals surface area contributed by atoms with Crippen LogP contribution in [0.5, 0.6) is 0 Å². The number of hydrogen-bond donors (Lipinski definition) is 1. The lowest BCUT2D eigenvalue weighted by atomic mass is 10.1. The zero-order valence-electron chi connectivity index (χ0n) is 16.6. The molecule has 0 amide bonds. The lowest BCUT2D eigenvalue weighted by molar-refractivity contribution is -0.248. The van der Waals surface area contributed by atoms with Gasteiger partial charge < -0.3 is 29.4 Å². The zero-order chi connectivity index (χ0) is 20.2. The smallest absolute Gasteiger partial charge is 0.325 e. The SMILES string of the molecule is CCC1(CC)O[C@H]2[C@H](OC[C@H](N)C(=O)OC(C)(C)C)O[C@H](CN=[N+]=[N-])[C@H]2O1. The van der Waals surface area contributed by atoms with Crippen LogP contribution in [0.1, 0.15) is 47.5 Å². The first-order valence-corrected chi connectivity index (χ1v) is 9.26. The summed E-state index contributed by atoms with van der Waals surface area (Å²) in [5, 5.41) is 3.58. The summed E-state index contributed by atoms with van der Waals surface area (Å²) >= 11 is 0. The monoisotopic (exact) mass is 386 g/mol. The first-order valence-electron chi connectivity index (χ1n) is 9.26. The van der Waals surface area contributed by atoms with E-state index in [9.17, 15) is 4.79 Å². The van der Waals surface area contributed by atoms with Gasteiger partial charge in [-0.25, -0.2) is 0 Å². The average molecular weight is 386 g/mol. The Bertz CT molecular complexity index is 570. The molecule has 10 heteroatoms. The van der Waals surface area contributed by atoms with E-state index in [0.29, 0.717) is 12.8 Å². The summed E-state index contributed by atoms with van der Waals surface area (Å²) in [4.78, 5) is 14.8. The van der Waals surface area contributed by atoms with Gasteiger partial charge in [-0.1, -0.05) is 19.0 Å². The van der Waals surface area contributed by atoms with Crippen molar-refractivity contribution in [2.75, 3.05) is 13.2 Å². The third kappa shape index (κ3) is 5.31. The first-order chi connectivity index (χ1) is 12.6. The highest BCUT2D eigenvalue weighted by Crippen LogP contribution is 2.42. The molecule has 10 nitrogen and oxygen atoms in total. The van der Waals surface area contributed by atoms with Crippen molar-refractivity contribution in [1.82, 2.24) is 0 Å². The number of fused-ring (bicyclic) bond motifs is 1. The molecular formula is C17H30N4O6. The highest BCUT2D eigenvalue weighted by Gasteiger charge is 2.57. The molecule has 2 aliphatic heterocycles. The molecule has 2 N–H and O–H groups in total. The Kier molecular flexibility index (Phi) is 7.07. The Balaban J connectivity index is 2.01. The number of ether oxygens (including phenoxy) is 5. The van der Waals surface area contributed by atoms with Crippen LogP contribution in [0.3, 0.4) is 0 Å². The van der Waals surface area contributed by atoms with Gasteiger partial charge in [0.1, 0.15) is 23.9 Å². The molecule has 2 saturated heterocycles. The summed E-state index contributed by atoms with van der Waals surface area (Å²) in [5.41, 5.74) is 13.8. The molecule has 27 heavy (non-hydrogen) atoms. The topological polar surface area (TPSA) is 138 Å². The van der Waals surface area contributed by atoms with Gasteiger partial charge in [0.15, 0.2) is 12.1 Å². The van der Waals surface area contributed by atoms with Crippen LogP contribution in [0.2, 0.25) is 0 Å². The second kappa shape index (κ2) is 8.72. The fourth-order valence-electron chi connectivity index (χ4n) is 3.11. The van der Waals surface area contributed by atoms with Gasteiger partial charge in [0.05, 0.1) is 19.3 Å². The van der Waals surface area contributed by atoms with E-state index >= 15 is 0 Å². The third-order valence-corrected chi connectivity index (χ3v) is 4.52. The van der Waals surface area contributed by atoms with E-state index in [1.807, 2.05) is 13.8 Å². The quantitative estimate of drug-likeness (QED) is 0.291. The molecule has 0 bridgehead atoms. The number of esters is 1. The van der Waals surface area contributed by atoms with E-state index in [-0.39, 0.29) is 13.2 Å². The molecule has 0 saturated carbocycles. The van der Waals surface area contributed by atoms with Crippen molar-refractivity contribution in [1.29, 1.82) is 0 Å². The molecule has 0 aliphatic carbocycles. The maximum Gasteiger partial charge on any atom is 0.325 e. The Hall–Kier alpha value is -1.42. The highest BCUT2D eigenvalue weighted by atomic mass is 16.8. The summed E-state index contributed by atoms with van der Waals surface area (Å²) in [5.74, 6) is -1.27. The molecular weight excluding hydrogens is 356 g/mol. The Labute approximate surface area is 159 Å². The number of carbonyl (C=O) groups is 1. The van der Waals surface area contributed by atoms with Crippen LogP contribution in [-0.2, 0) is 28.5 Å². The molecule has 2 rings (SSSR count). The Morgan fingerprint density at radius 1 is 1.30 bits per heavy atom. The number of azide groups is 1. The predicted octanol–water partition coefficient (Wildman–Crippen LogP) is 2.01. The molecule has 2 aliphatic rings. The fraction of sp³-hybridized carbons (Fsp3) is 0.941. The summed E-state index contributed by atoms with van der Waals surface area (Å²) in [6.45, 7) is 9.26. The number of nitrogens with zero attached hydrogens (tertiary/aromatic N) is 3. The lowest BCUT2D eigenvalue weighted by Gasteiger charge is -2.29. The number of carbonyl (C=O) groups excluding carboxylic acids is 1. The normalized spacial score (nSPS) is 30.4. The van der Waals surface area contributed by atoms with E-state index in [1.54, 1.807) is 20.8 Å². The molecule has 0 aromatic carbocycles. The van der Waals surface area contributed by atoms with Crippen LogP contribution in [0, 0.1) is 0 Å². The van der Waals surface area contributed by atoms with Crippen LogP contribution < -0.4 is 5.73 Å². The number of nitrogens with two attached hydrogens (primary N) is 1. The van der Waals surface area contributed by atoms with Crippen LogP contribution in [0.15, 0.2) is 5.11 Å². The Morgan fingerprint density at radius 3 is 2.48 bits per heavy atom. The second-order valence-electron chi connectivity index (χ2n) is 7.71. The van der Waals surface area contributed by atoms with Crippen LogP contribution >= 0.6 is 0 Å². The molecule has 0 aromatic heterocycles. The van der Waals surface area contributed by atoms with Crippen LogP contribution in [0.25, 0.3) is 10.4 Å². The maximum atomic E-state index is 12.0. The molecule has 154 valence electrons. The second-order valence-corrected chi connectivity index (χ2v) is 7.71. The van der Waals surface area contributed by atoms with Crippen molar-refractivity contribution >= 4 is 5.97 Å². The van der Waals surface area contributed by atoms with E-state index in [2.05, 4.69) is 10.0 Å².